The lowest BCUT2D eigenvalue weighted by Gasteiger charge is -2.06. The second kappa shape index (κ2) is 5.37. The number of aromatic nitrogens is 1. The van der Waals surface area contributed by atoms with Crippen LogP contribution in [0.2, 0.25) is 0 Å². The number of carbonyl (C=O) groups excluding carboxylic acids is 1. The number of carbonyl (C=O) groups is 1. The first-order chi connectivity index (χ1) is 10.0. The van der Waals surface area contributed by atoms with Gasteiger partial charge >= 0.3 is 0 Å². The van der Waals surface area contributed by atoms with E-state index < -0.39 is 0 Å². The molecule has 2 aromatic carbocycles. The number of H-pyrrole nitrogens is 1. The molecular weight excluding hydrogens is 328 g/mol. The van der Waals surface area contributed by atoms with E-state index in [9.17, 15) is 4.79 Å². The highest BCUT2D eigenvalue weighted by Crippen LogP contribution is 2.23. The smallest absolute Gasteiger partial charge is 0.255 e. The molecule has 21 heavy (non-hydrogen) atoms. The van der Waals surface area contributed by atoms with Crippen molar-refractivity contribution in [3.63, 3.8) is 0 Å². The third-order valence-corrected chi connectivity index (χ3v) is 4.15. The first kappa shape index (κ1) is 13.9. The van der Waals surface area contributed by atoms with Crippen LogP contribution in [0.5, 0.6) is 0 Å². The van der Waals surface area contributed by atoms with Gasteiger partial charge in [-0.1, -0.05) is 22.0 Å². The summed E-state index contributed by atoms with van der Waals surface area (Å²) in [6.45, 7) is 4.10. The Hall–Kier alpha value is -2.07. The van der Waals surface area contributed by atoms with Crippen molar-refractivity contribution in [2.75, 3.05) is 5.32 Å². The van der Waals surface area contributed by atoms with E-state index in [1.807, 2.05) is 49.4 Å². The minimum Gasteiger partial charge on any atom is -0.358 e. The van der Waals surface area contributed by atoms with Crippen molar-refractivity contribution in [1.82, 2.24) is 4.98 Å². The predicted molar refractivity (Wildman–Crippen MR) is 89.9 cm³/mol. The monoisotopic (exact) mass is 342 g/mol. The van der Waals surface area contributed by atoms with Crippen LogP contribution in [0, 0.1) is 13.8 Å². The van der Waals surface area contributed by atoms with Gasteiger partial charge in [-0.3, -0.25) is 4.79 Å². The molecule has 0 aliphatic heterocycles. The fourth-order valence-corrected chi connectivity index (χ4v) is 2.77. The Morgan fingerprint density at radius 2 is 1.95 bits per heavy atom. The van der Waals surface area contributed by atoms with E-state index in [1.165, 1.54) is 5.56 Å². The number of halogens is 1. The molecule has 0 bridgehead atoms. The van der Waals surface area contributed by atoms with Gasteiger partial charge in [-0.25, -0.2) is 0 Å². The lowest BCUT2D eigenvalue weighted by Crippen LogP contribution is -2.11. The number of hydrogen-bond acceptors (Lipinski definition) is 1. The minimum atomic E-state index is -0.103. The third-order valence-electron chi connectivity index (χ3n) is 3.65. The fraction of sp³-hybridized carbons (Fsp3) is 0.118. The number of benzene rings is 2. The number of aromatic amines is 1. The maximum absolute atomic E-state index is 12.4. The van der Waals surface area contributed by atoms with Crippen LogP contribution in [-0.4, -0.2) is 10.9 Å². The zero-order valence-electron chi connectivity index (χ0n) is 11.8. The van der Waals surface area contributed by atoms with Crippen molar-refractivity contribution in [1.29, 1.82) is 0 Å². The largest absolute Gasteiger partial charge is 0.358 e. The van der Waals surface area contributed by atoms with Crippen LogP contribution in [-0.2, 0) is 0 Å². The van der Waals surface area contributed by atoms with E-state index in [0.717, 1.165) is 26.8 Å². The summed E-state index contributed by atoms with van der Waals surface area (Å²) < 4.78 is 0.938. The second-order valence-corrected chi connectivity index (χ2v) is 6.02. The average molecular weight is 343 g/mol. The lowest BCUT2D eigenvalue weighted by molar-refractivity contribution is 0.102. The van der Waals surface area contributed by atoms with Gasteiger partial charge in [0.2, 0.25) is 0 Å². The average Bonchev–Trinajstić information content (AvgIpc) is 2.74. The van der Waals surface area contributed by atoms with E-state index in [-0.39, 0.29) is 5.91 Å². The van der Waals surface area contributed by atoms with Gasteiger partial charge in [-0.15, -0.1) is 0 Å². The van der Waals surface area contributed by atoms with Crippen LogP contribution in [0.15, 0.2) is 46.9 Å². The molecule has 0 saturated carbocycles. The van der Waals surface area contributed by atoms with Crippen LogP contribution in [0.25, 0.3) is 10.9 Å². The van der Waals surface area contributed by atoms with E-state index in [0.29, 0.717) is 5.56 Å². The molecule has 2 N–H and O–H groups in total. The van der Waals surface area contributed by atoms with Crippen LogP contribution in [0.4, 0.5) is 5.69 Å². The summed E-state index contributed by atoms with van der Waals surface area (Å²) in [7, 11) is 0. The lowest BCUT2D eigenvalue weighted by atomic mass is 10.1. The first-order valence-corrected chi connectivity index (χ1v) is 7.50. The van der Waals surface area contributed by atoms with E-state index in [1.54, 1.807) is 0 Å². The van der Waals surface area contributed by atoms with Crippen molar-refractivity contribution in [2.45, 2.75) is 13.8 Å². The van der Waals surface area contributed by atoms with Gasteiger partial charge in [0, 0.05) is 32.3 Å². The number of aryl methyl sites for hydroxylation is 2. The van der Waals surface area contributed by atoms with Crippen molar-refractivity contribution in [3.8, 4) is 0 Å². The maximum Gasteiger partial charge on any atom is 0.255 e. The van der Waals surface area contributed by atoms with Gasteiger partial charge < -0.3 is 10.3 Å². The topological polar surface area (TPSA) is 44.9 Å². The molecule has 1 amide bonds. The fourth-order valence-electron chi connectivity index (χ4n) is 2.37. The molecule has 0 unspecified atom stereocenters. The van der Waals surface area contributed by atoms with Crippen molar-refractivity contribution >= 4 is 38.4 Å². The molecular formula is C17H15BrN2O. The summed E-state index contributed by atoms with van der Waals surface area (Å²) in [6, 6.07) is 13.3. The van der Waals surface area contributed by atoms with Crippen molar-refractivity contribution in [2.24, 2.45) is 0 Å². The number of rotatable bonds is 2. The van der Waals surface area contributed by atoms with E-state index in [4.69, 9.17) is 0 Å². The summed E-state index contributed by atoms with van der Waals surface area (Å²) in [5, 5.41) is 4.00. The molecule has 0 aliphatic carbocycles. The Kier molecular flexibility index (Phi) is 3.55. The molecule has 0 radical (unpaired) electrons. The summed E-state index contributed by atoms with van der Waals surface area (Å²) in [6.07, 6.45) is 0. The quantitative estimate of drug-likeness (QED) is 0.690. The van der Waals surface area contributed by atoms with Gasteiger partial charge in [0.05, 0.1) is 0 Å². The highest BCUT2D eigenvalue weighted by molar-refractivity contribution is 9.10. The van der Waals surface area contributed by atoms with Crippen LogP contribution in [0.1, 0.15) is 21.6 Å². The Balaban J connectivity index is 1.92. The summed E-state index contributed by atoms with van der Waals surface area (Å²) in [5.74, 6) is -0.103. The molecule has 106 valence electrons. The minimum absolute atomic E-state index is 0.103. The molecule has 1 heterocycles. The highest BCUT2D eigenvalue weighted by Gasteiger charge is 2.10. The van der Waals surface area contributed by atoms with E-state index >= 15 is 0 Å². The van der Waals surface area contributed by atoms with Gasteiger partial charge in [-0.05, 0) is 55.8 Å². The molecule has 0 fully saturated rings. The van der Waals surface area contributed by atoms with Crippen molar-refractivity contribution < 1.29 is 4.79 Å². The first-order valence-electron chi connectivity index (χ1n) is 6.70. The number of nitrogens with one attached hydrogen (secondary N) is 2. The van der Waals surface area contributed by atoms with Gasteiger partial charge in [0.25, 0.3) is 5.91 Å². The predicted octanol–water partition coefficient (Wildman–Crippen LogP) is 4.80. The van der Waals surface area contributed by atoms with Crippen LogP contribution >= 0.6 is 15.9 Å². The Bertz CT molecular complexity index is 836. The molecule has 1 aromatic heterocycles. The normalized spacial score (nSPS) is 10.8. The maximum atomic E-state index is 12.4. The summed E-state index contributed by atoms with van der Waals surface area (Å²) in [5.41, 5.74) is 4.81. The summed E-state index contributed by atoms with van der Waals surface area (Å²) in [4.78, 5) is 15.7. The van der Waals surface area contributed by atoms with E-state index in [2.05, 4.69) is 33.2 Å². The molecule has 4 heteroatoms. The summed E-state index contributed by atoms with van der Waals surface area (Å²) >= 11 is 3.40. The Labute approximate surface area is 131 Å². The molecule has 3 aromatic rings. The Morgan fingerprint density at radius 3 is 2.71 bits per heavy atom. The van der Waals surface area contributed by atoms with Crippen LogP contribution < -0.4 is 5.32 Å². The SMILES string of the molecule is Cc1[nH]c2ccc(C(=O)Nc3cccc(Br)c3)cc2c1C. The zero-order valence-corrected chi connectivity index (χ0v) is 13.4. The van der Waals surface area contributed by atoms with Gasteiger partial charge in [0.1, 0.15) is 0 Å². The highest BCUT2D eigenvalue weighted by atomic mass is 79.9. The van der Waals surface area contributed by atoms with Crippen molar-refractivity contribution in [3.05, 3.63) is 63.8 Å². The Morgan fingerprint density at radius 1 is 1.14 bits per heavy atom. The number of fused-ring (bicyclic) bond motifs is 1. The van der Waals surface area contributed by atoms with Crippen LogP contribution in [0.3, 0.4) is 0 Å². The number of amides is 1. The standard InChI is InChI=1S/C17H15BrN2O/c1-10-11(2)19-16-7-6-12(8-15(10)16)17(21)20-14-5-3-4-13(18)9-14/h3-9,19H,1-2H3,(H,20,21). The molecule has 3 nitrogen and oxygen atoms in total. The molecule has 0 spiro atoms. The second-order valence-electron chi connectivity index (χ2n) is 5.10. The third kappa shape index (κ3) is 2.72. The van der Waals surface area contributed by atoms with Gasteiger partial charge in [-0.2, -0.15) is 0 Å². The number of anilines is 1. The molecule has 0 saturated heterocycles. The number of hydrogen-bond donors (Lipinski definition) is 2. The molecule has 0 atom stereocenters. The zero-order chi connectivity index (χ0) is 15.0. The molecule has 3 rings (SSSR count). The van der Waals surface area contributed by atoms with Gasteiger partial charge in [0.15, 0.2) is 0 Å². The molecule has 0 aliphatic rings.